The third-order valence-corrected chi connectivity index (χ3v) is 5.16. The van der Waals surface area contributed by atoms with Crippen LogP contribution in [0.1, 0.15) is 33.5 Å². The Balaban J connectivity index is 1.49. The van der Waals surface area contributed by atoms with Gasteiger partial charge in [0.15, 0.2) is 0 Å². The van der Waals surface area contributed by atoms with Gasteiger partial charge in [-0.05, 0) is 43.0 Å². The number of carbonyl (C=O) groups excluding carboxylic acids is 1. The molecule has 1 heterocycles. The van der Waals surface area contributed by atoms with Crippen molar-refractivity contribution in [3.63, 3.8) is 0 Å². The number of hydrogen-bond acceptors (Lipinski definition) is 4. The zero-order valence-corrected chi connectivity index (χ0v) is 16.4. The molecule has 2 aromatic carbocycles. The molecule has 0 aliphatic carbocycles. The summed E-state index contributed by atoms with van der Waals surface area (Å²) in [5.41, 5.74) is 4.33. The quantitative estimate of drug-likeness (QED) is 0.763. The first-order valence-corrected chi connectivity index (χ1v) is 9.42. The lowest BCUT2D eigenvalue weighted by atomic mass is 10.00. The van der Waals surface area contributed by atoms with Crippen LogP contribution in [0.2, 0.25) is 0 Å². The van der Waals surface area contributed by atoms with Crippen LogP contribution in [0.4, 0.5) is 0 Å². The van der Waals surface area contributed by atoms with Crippen LogP contribution in [0.5, 0.6) is 11.5 Å². The second-order valence-electron chi connectivity index (χ2n) is 6.91. The fourth-order valence-corrected chi connectivity index (χ4v) is 3.57. The molecule has 1 amide bonds. The van der Waals surface area contributed by atoms with Gasteiger partial charge in [0.05, 0.1) is 14.2 Å². The van der Waals surface area contributed by atoms with E-state index in [1.807, 2.05) is 6.92 Å². The number of rotatable bonds is 7. The maximum atomic E-state index is 12.5. The fraction of sp³-hybridized carbons (Fsp3) is 0.409. The third-order valence-electron chi connectivity index (χ3n) is 5.16. The molecule has 0 spiro atoms. The number of nitrogens with one attached hydrogen (secondary N) is 1. The van der Waals surface area contributed by atoms with Crippen molar-refractivity contribution in [2.45, 2.75) is 26.3 Å². The Morgan fingerprint density at radius 2 is 1.78 bits per heavy atom. The first-order valence-electron chi connectivity index (χ1n) is 9.42. The number of benzene rings is 2. The summed E-state index contributed by atoms with van der Waals surface area (Å²) in [6.45, 7) is 5.62. The van der Waals surface area contributed by atoms with Crippen LogP contribution in [0.25, 0.3) is 0 Å². The standard InChI is InChI=1S/C22H28N2O3/c1-16-20(26-2)13-19(14-21(16)27-3)22(25)23-10-6-11-24-12-9-17-7-4-5-8-18(17)15-24/h4-5,7-8,13-14H,6,9-12,15H2,1-3H3,(H,23,25). The SMILES string of the molecule is COc1cc(C(=O)NCCCN2CCc3ccccc3C2)cc(OC)c1C. The summed E-state index contributed by atoms with van der Waals surface area (Å²) < 4.78 is 10.7. The zero-order chi connectivity index (χ0) is 19.2. The van der Waals surface area contributed by atoms with Gasteiger partial charge >= 0.3 is 0 Å². The van der Waals surface area contributed by atoms with Crippen molar-refractivity contribution in [2.75, 3.05) is 33.9 Å². The van der Waals surface area contributed by atoms with Crippen molar-refractivity contribution < 1.29 is 14.3 Å². The molecule has 0 saturated carbocycles. The lowest BCUT2D eigenvalue weighted by Crippen LogP contribution is -2.33. The number of hydrogen-bond donors (Lipinski definition) is 1. The molecule has 1 N–H and O–H groups in total. The fourth-order valence-electron chi connectivity index (χ4n) is 3.57. The molecule has 0 aromatic heterocycles. The summed E-state index contributed by atoms with van der Waals surface area (Å²) in [6, 6.07) is 12.2. The predicted molar refractivity (Wildman–Crippen MR) is 107 cm³/mol. The average Bonchev–Trinajstić information content (AvgIpc) is 2.71. The average molecular weight is 368 g/mol. The second-order valence-corrected chi connectivity index (χ2v) is 6.91. The maximum absolute atomic E-state index is 12.5. The molecule has 0 bridgehead atoms. The molecule has 0 unspecified atom stereocenters. The van der Waals surface area contributed by atoms with E-state index in [-0.39, 0.29) is 5.91 Å². The number of methoxy groups -OCH3 is 2. The summed E-state index contributed by atoms with van der Waals surface area (Å²) in [5.74, 6) is 1.22. The molecule has 144 valence electrons. The van der Waals surface area contributed by atoms with Crippen LogP contribution in [0.3, 0.4) is 0 Å². The van der Waals surface area contributed by atoms with Gasteiger partial charge in [-0.1, -0.05) is 24.3 Å². The van der Waals surface area contributed by atoms with Crippen molar-refractivity contribution >= 4 is 5.91 Å². The van der Waals surface area contributed by atoms with E-state index in [1.54, 1.807) is 26.4 Å². The highest BCUT2D eigenvalue weighted by atomic mass is 16.5. The third kappa shape index (κ3) is 4.61. The highest BCUT2D eigenvalue weighted by molar-refractivity contribution is 5.95. The van der Waals surface area contributed by atoms with Crippen molar-refractivity contribution in [1.29, 1.82) is 0 Å². The summed E-state index contributed by atoms with van der Waals surface area (Å²) in [5, 5.41) is 3.00. The lowest BCUT2D eigenvalue weighted by Gasteiger charge is -2.28. The molecule has 0 saturated heterocycles. The van der Waals surface area contributed by atoms with Gasteiger partial charge in [0.2, 0.25) is 0 Å². The summed E-state index contributed by atoms with van der Waals surface area (Å²) in [6.07, 6.45) is 2.03. The zero-order valence-electron chi connectivity index (χ0n) is 16.4. The monoisotopic (exact) mass is 368 g/mol. The molecular formula is C22H28N2O3. The topological polar surface area (TPSA) is 50.8 Å². The summed E-state index contributed by atoms with van der Waals surface area (Å²) in [7, 11) is 3.19. The number of carbonyl (C=O) groups is 1. The number of ether oxygens (including phenoxy) is 2. The van der Waals surface area contributed by atoms with Crippen LogP contribution < -0.4 is 14.8 Å². The van der Waals surface area contributed by atoms with Gasteiger partial charge in [-0.2, -0.15) is 0 Å². The molecule has 2 aromatic rings. The van der Waals surface area contributed by atoms with Gasteiger partial charge in [0, 0.05) is 37.3 Å². The Morgan fingerprint density at radius 1 is 1.11 bits per heavy atom. The summed E-state index contributed by atoms with van der Waals surface area (Å²) >= 11 is 0. The van der Waals surface area contributed by atoms with E-state index < -0.39 is 0 Å². The molecule has 5 nitrogen and oxygen atoms in total. The van der Waals surface area contributed by atoms with Crippen LogP contribution in [0.15, 0.2) is 36.4 Å². The Labute approximate surface area is 161 Å². The molecule has 0 fully saturated rings. The maximum Gasteiger partial charge on any atom is 0.251 e. The Bertz CT molecular complexity index is 779. The van der Waals surface area contributed by atoms with Crippen LogP contribution in [0, 0.1) is 6.92 Å². The Kier molecular flexibility index (Phi) is 6.35. The van der Waals surface area contributed by atoms with Gasteiger partial charge < -0.3 is 14.8 Å². The van der Waals surface area contributed by atoms with Gasteiger partial charge in [-0.25, -0.2) is 0 Å². The van der Waals surface area contributed by atoms with E-state index in [9.17, 15) is 4.79 Å². The molecule has 0 atom stereocenters. The van der Waals surface area contributed by atoms with Crippen molar-refractivity contribution in [3.8, 4) is 11.5 Å². The van der Waals surface area contributed by atoms with Crippen LogP contribution in [-0.4, -0.2) is 44.7 Å². The van der Waals surface area contributed by atoms with Gasteiger partial charge in [-0.3, -0.25) is 9.69 Å². The minimum absolute atomic E-state index is 0.101. The van der Waals surface area contributed by atoms with Gasteiger partial charge in [0.25, 0.3) is 5.91 Å². The normalized spacial score (nSPS) is 13.7. The molecular weight excluding hydrogens is 340 g/mol. The van der Waals surface area contributed by atoms with E-state index in [4.69, 9.17) is 9.47 Å². The lowest BCUT2D eigenvalue weighted by molar-refractivity contribution is 0.0950. The van der Waals surface area contributed by atoms with E-state index in [0.29, 0.717) is 23.6 Å². The second kappa shape index (κ2) is 8.91. The molecule has 1 aliphatic heterocycles. The first-order chi connectivity index (χ1) is 13.1. The smallest absolute Gasteiger partial charge is 0.251 e. The highest BCUT2D eigenvalue weighted by Gasteiger charge is 2.16. The Morgan fingerprint density at radius 3 is 2.44 bits per heavy atom. The van der Waals surface area contributed by atoms with Gasteiger partial charge in [0.1, 0.15) is 11.5 Å². The minimum atomic E-state index is -0.101. The molecule has 5 heteroatoms. The van der Waals surface area contributed by atoms with Crippen molar-refractivity contribution in [1.82, 2.24) is 10.2 Å². The van der Waals surface area contributed by atoms with E-state index in [0.717, 1.165) is 38.0 Å². The van der Waals surface area contributed by atoms with E-state index in [2.05, 4.69) is 34.5 Å². The summed E-state index contributed by atoms with van der Waals surface area (Å²) in [4.78, 5) is 14.9. The molecule has 3 rings (SSSR count). The van der Waals surface area contributed by atoms with Crippen molar-refractivity contribution in [2.24, 2.45) is 0 Å². The number of nitrogens with zero attached hydrogens (tertiary/aromatic N) is 1. The van der Waals surface area contributed by atoms with E-state index >= 15 is 0 Å². The number of amides is 1. The predicted octanol–water partition coefficient (Wildman–Crippen LogP) is 3.19. The highest BCUT2D eigenvalue weighted by Crippen LogP contribution is 2.29. The molecule has 0 radical (unpaired) electrons. The Hall–Kier alpha value is -2.53. The van der Waals surface area contributed by atoms with Crippen LogP contribution in [-0.2, 0) is 13.0 Å². The van der Waals surface area contributed by atoms with E-state index in [1.165, 1.54) is 11.1 Å². The number of fused-ring (bicyclic) bond motifs is 1. The molecule has 1 aliphatic rings. The first kappa shape index (κ1) is 19.2. The van der Waals surface area contributed by atoms with Gasteiger partial charge in [-0.15, -0.1) is 0 Å². The minimum Gasteiger partial charge on any atom is -0.496 e. The van der Waals surface area contributed by atoms with Crippen molar-refractivity contribution in [3.05, 3.63) is 58.7 Å². The molecule has 27 heavy (non-hydrogen) atoms. The van der Waals surface area contributed by atoms with Crippen LogP contribution >= 0.6 is 0 Å². The largest absolute Gasteiger partial charge is 0.496 e.